The number of hydrogen-bond acceptors (Lipinski definition) is 3. The second-order valence-corrected chi connectivity index (χ2v) is 8.62. The first-order chi connectivity index (χ1) is 12.4. The smallest absolute Gasteiger partial charge is 0.308 e. The Balaban J connectivity index is 1.77. The lowest BCUT2D eigenvalue weighted by molar-refractivity contribution is 0.262. The molecule has 1 aliphatic heterocycles. The lowest BCUT2D eigenvalue weighted by Gasteiger charge is -2.17. The van der Waals surface area contributed by atoms with Gasteiger partial charge in [-0.15, -0.1) is 0 Å². The van der Waals surface area contributed by atoms with Crippen molar-refractivity contribution in [3.05, 3.63) is 52.5 Å². The number of sulfonamides is 1. The monoisotopic (exact) mass is 413 g/mol. The van der Waals surface area contributed by atoms with E-state index in [1.54, 1.807) is 24.3 Å². The van der Waals surface area contributed by atoms with Gasteiger partial charge in [0.1, 0.15) is 0 Å². The van der Waals surface area contributed by atoms with Crippen molar-refractivity contribution in [2.45, 2.75) is 17.7 Å². The van der Waals surface area contributed by atoms with E-state index in [2.05, 4.69) is 10.6 Å². The topological polar surface area (TPSA) is 78.5 Å². The first-order valence-corrected chi connectivity index (χ1v) is 10.2. The minimum absolute atomic E-state index is 0.102. The van der Waals surface area contributed by atoms with E-state index < -0.39 is 16.1 Å². The zero-order valence-electron chi connectivity index (χ0n) is 13.7. The summed E-state index contributed by atoms with van der Waals surface area (Å²) in [6, 6.07) is 10.3. The zero-order valence-corrected chi connectivity index (χ0v) is 16.0. The molecule has 9 heteroatoms. The van der Waals surface area contributed by atoms with Crippen LogP contribution >= 0.6 is 23.2 Å². The third kappa shape index (κ3) is 4.29. The fourth-order valence-corrected chi connectivity index (χ4v) is 4.49. The van der Waals surface area contributed by atoms with Gasteiger partial charge in [-0.05, 0) is 55.3 Å². The molecule has 138 valence electrons. The predicted octanol–water partition coefficient (Wildman–Crippen LogP) is 4.42. The maximum absolute atomic E-state index is 12.6. The van der Waals surface area contributed by atoms with Gasteiger partial charge in [0.15, 0.2) is 0 Å². The Kier molecular flexibility index (Phi) is 5.72. The molecule has 2 N–H and O–H groups in total. The van der Waals surface area contributed by atoms with E-state index in [0.29, 0.717) is 23.8 Å². The molecule has 3 rings (SSSR count). The summed E-state index contributed by atoms with van der Waals surface area (Å²) in [4.78, 5) is 12.3. The summed E-state index contributed by atoms with van der Waals surface area (Å²) in [6.07, 6.45) is 1.70. The molecule has 0 bridgehead atoms. The van der Waals surface area contributed by atoms with Crippen LogP contribution in [0.3, 0.4) is 0 Å². The van der Waals surface area contributed by atoms with Gasteiger partial charge >= 0.3 is 6.03 Å². The van der Waals surface area contributed by atoms with E-state index in [1.807, 2.05) is 0 Å². The summed E-state index contributed by atoms with van der Waals surface area (Å²) in [6.45, 7) is 1.01. The summed E-state index contributed by atoms with van der Waals surface area (Å²) < 4.78 is 26.7. The Morgan fingerprint density at radius 3 is 2.27 bits per heavy atom. The van der Waals surface area contributed by atoms with Crippen molar-refractivity contribution in [1.82, 2.24) is 4.31 Å². The standard InChI is InChI=1S/C17H17Cl2N3O3S/c18-12-3-5-13(6-4-12)20-17(23)21-16-11-14(7-8-15(16)19)26(24,25)22-9-1-2-10-22/h3-8,11H,1-2,9-10H2,(H2,20,21,23). The first-order valence-electron chi connectivity index (χ1n) is 7.99. The molecule has 26 heavy (non-hydrogen) atoms. The van der Waals surface area contributed by atoms with Gasteiger partial charge in [0, 0.05) is 23.8 Å². The van der Waals surface area contributed by atoms with E-state index in [-0.39, 0.29) is 15.6 Å². The third-order valence-corrected chi connectivity index (χ3v) is 6.47. The number of anilines is 2. The Morgan fingerprint density at radius 2 is 1.62 bits per heavy atom. The SMILES string of the molecule is O=C(Nc1ccc(Cl)cc1)Nc1cc(S(=O)(=O)N2CCCC2)ccc1Cl. The second-order valence-electron chi connectivity index (χ2n) is 5.84. The summed E-state index contributed by atoms with van der Waals surface area (Å²) in [7, 11) is -3.59. The van der Waals surface area contributed by atoms with Crippen molar-refractivity contribution in [3.8, 4) is 0 Å². The summed E-state index contributed by atoms with van der Waals surface area (Å²) in [5, 5.41) is 6.01. The molecule has 0 unspecified atom stereocenters. The highest BCUT2D eigenvalue weighted by molar-refractivity contribution is 7.89. The molecule has 1 fully saturated rings. The molecule has 1 saturated heterocycles. The van der Waals surface area contributed by atoms with Gasteiger partial charge in [0.05, 0.1) is 15.6 Å². The predicted molar refractivity (Wildman–Crippen MR) is 104 cm³/mol. The molecule has 1 heterocycles. The van der Waals surface area contributed by atoms with E-state index >= 15 is 0 Å². The van der Waals surface area contributed by atoms with Gasteiger partial charge in [-0.1, -0.05) is 23.2 Å². The van der Waals surface area contributed by atoms with Crippen LogP contribution in [0.4, 0.5) is 16.2 Å². The summed E-state index contributed by atoms with van der Waals surface area (Å²) >= 11 is 11.9. The van der Waals surface area contributed by atoms with Crippen LogP contribution in [0.25, 0.3) is 0 Å². The number of carbonyl (C=O) groups excluding carboxylic acids is 1. The maximum atomic E-state index is 12.6. The molecule has 1 aliphatic rings. The van der Waals surface area contributed by atoms with E-state index in [1.165, 1.54) is 22.5 Å². The number of urea groups is 1. The number of rotatable bonds is 4. The number of nitrogens with one attached hydrogen (secondary N) is 2. The van der Waals surface area contributed by atoms with Crippen LogP contribution in [0.1, 0.15) is 12.8 Å². The van der Waals surface area contributed by atoms with Gasteiger partial charge < -0.3 is 10.6 Å². The van der Waals surface area contributed by atoms with Crippen molar-refractivity contribution in [2.24, 2.45) is 0 Å². The van der Waals surface area contributed by atoms with Gasteiger partial charge in [0.2, 0.25) is 10.0 Å². The number of amides is 2. The molecule has 2 amide bonds. The van der Waals surface area contributed by atoms with E-state index in [4.69, 9.17) is 23.2 Å². The number of nitrogens with zero attached hydrogens (tertiary/aromatic N) is 1. The molecule has 0 atom stereocenters. The van der Waals surface area contributed by atoms with Crippen molar-refractivity contribution < 1.29 is 13.2 Å². The molecule has 2 aromatic carbocycles. The molecule has 0 spiro atoms. The summed E-state index contributed by atoms with van der Waals surface area (Å²) in [5.74, 6) is 0. The quantitative estimate of drug-likeness (QED) is 0.778. The number of halogens is 2. The zero-order chi connectivity index (χ0) is 18.7. The molecule has 0 aromatic heterocycles. The van der Waals surface area contributed by atoms with Crippen LogP contribution in [0.15, 0.2) is 47.4 Å². The first kappa shape index (κ1) is 19.0. The van der Waals surface area contributed by atoms with E-state index in [9.17, 15) is 13.2 Å². The molecule has 6 nitrogen and oxygen atoms in total. The highest BCUT2D eigenvalue weighted by atomic mass is 35.5. The van der Waals surface area contributed by atoms with E-state index in [0.717, 1.165) is 12.8 Å². The molecular weight excluding hydrogens is 397 g/mol. The van der Waals surface area contributed by atoms with Gasteiger partial charge in [-0.2, -0.15) is 4.31 Å². The van der Waals surface area contributed by atoms with Crippen LogP contribution in [-0.2, 0) is 10.0 Å². The van der Waals surface area contributed by atoms with Crippen molar-refractivity contribution in [2.75, 3.05) is 23.7 Å². The highest BCUT2D eigenvalue weighted by Gasteiger charge is 2.27. The molecule has 0 saturated carbocycles. The average molecular weight is 414 g/mol. The van der Waals surface area contributed by atoms with Crippen LogP contribution in [0.5, 0.6) is 0 Å². The maximum Gasteiger partial charge on any atom is 0.323 e. The molecular formula is C17H17Cl2N3O3S. The van der Waals surface area contributed by atoms with Crippen LogP contribution in [0.2, 0.25) is 10.0 Å². The second kappa shape index (κ2) is 7.84. The molecule has 0 aliphatic carbocycles. The van der Waals surface area contributed by atoms with Crippen molar-refractivity contribution >= 4 is 50.6 Å². The molecule has 2 aromatic rings. The Hall–Kier alpha value is -1.80. The Labute approximate surface area is 162 Å². The minimum Gasteiger partial charge on any atom is -0.308 e. The fraction of sp³-hybridized carbons (Fsp3) is 0.235. The number of carbonyl (C=O) groups is 1. The average Bonchev–Trinajstić information content (AvgIpc) is 3.14. The van der Waals surface area contributed by atoms with Crippen molar-refractivity contribution in [3.63, 3.8) is 0 Å². The van der Waals surface area contributed by atoms with Gasteiger partial charge in [-0.25, -0.2) is 13.2 Å². The van der Waals surface area contributed by atoms with Crippen LogP contribution in [0, 0.1) is 0 Å². The minimum atomic E-state index is -3.59. The largest absolute Gasteiger partial charge is 0.323 e. The lowest BCUT2D eigenvalue weighted by Crippen LogP contribution is -2.28. The van der Waals surface area contributed by atoms with Gasteiger partial charge in [0.25, 0.3) is 0 Å². The highest BCUT2D eigenvalue weighted by Crippen LogP contribution is 2.28. The van der Waals surface area contributed by atoms with Crippen LogP contribution < -0.4 is 10.6 Å². The number of benzene rings is 2. The van der Waals surface area contributed by atoms with Crippen molar-refractivity contribution in [1.29, 1.82) is 0 Å². The third-order valence-electron chi connectivity index (χ3n) is 3.99. The number of hydrogen-bond donors (Lipinski definition) is 2. The normalized spacial score (nSPS) is 15.0. The lowest BCUT2D eigenvalue weighted by atomic mass is 10.3. The molecule has 0 radical (unpaired) electrons. The van der Waals surface area contributed by atoms with Gasteiger partial charge in [-0.3, -0.25) is 0 Å². The van der Waals surface area contributed by atoms with Crippen LogP contribution in [-0.4, -0.2) is 31.8 Å². The Bertz CT molecular complexity index is 911. The fourth-order valence-electron chi connectivity index (χ4n) is 2.66. The summed E-state index contributed by atoms with van der Waals surface area (Å²) in [5.41, 5.74) is 0.766. The Morgan fingerprint density at radius 1 is 0.962 bits per heavy atom.